The minimum Gasteiger partial charge on any atom is -0.373 e. The topological polar surface area (TPSA) is 50.7 Å². The molecule has 0 aliphatic heterocycles. The molecular weight excluding hydrogens is 308 g/mol. The van der Waals surface area contributed by atoms with Crippen LogP contribution in [0, 0.1) is 6.92 Å². The molecule has 0 spiro atoms. The minimum atomic E-state index is 0.674. The molecule has 0 fully saturated rings. The minimum absolute atomic E-state index is 0.674. The summed E-state index contributed by atoms with van der Waals surface area (Å²) in [4.78, 5) is 13.5. The van der Waals surface area contributed by atoms with Crippen molar-refractivity contribution in [3.05, 3.63) is 72.6 Å². The highest BCUT2D eigenvalue weighted by Crippen LogP contribution is 2.29. The normalized spacial score (nSPS) is 10.8. The Hall–Kier alpha value is -3.27. The van der Waals surface area contributed by atoms with Gasteiger partial charge in [0.05, 0.1) is 5.52 Å². The van der Waals surface area contributed by atoms with E-state index >= 15 is 0 Å². The molecule has 0 atom stereocenters. The average Bonchev–Trinajstić information content (AvgIpc) is 2.68. The number of aromatic nitrogens is 3. The first-order valence-electron chi connectivity index (χ1n) is 8.21. The van der Waals surface area contributed by atoms with E-state index in [9.17, 15) is 0 Å². The van der Waals surface area contributed by atoms with Crippen molar-refractivity contribution >= 4 is 16.7 Å². The molecule has 0 radical (unpaired) electrons. The van der Waals surface area contributed by atoms with E-state index in [2.05, 4.69) is 58.6 Å². The number of nitrogens with one attached hydrogen (secondary N) is 1. The molecule has 1 N–H and O–H groups in total. The number of benzene rings is 2. The van der Waals surface area contributed by atoms with Gasteiger partial charge in [-0.15, -0.1) is 0 Å². The standard InChI is InChI=1S/C21H18N4/c1-14-5-7-15(8-6-14)16-9-10-19-18(12-16)21(22-2)25-20(24-19)17-4-3-11-23-13-17/h3-13H,1-2H3,(H,22,24,25). The molecule has 0 saturated carbocycles. The van der Waals surface area contributed by atoms with Crippen molar-refractivity contribution < 1.29 is 0 Å². The highest BCUT2D eigenvalue weighted by Gasteiger charge is 2.10. The summed E-state index contributed by atoms with van der Waals surface area (Å²) in [5.74, 6) is 1.49. The van der Waals surface area contributed by atoms with Gasteiger partial charge in [0.15, 0.2) is 5.82 Å². The van der Waals surface area contributed by atoms with Crippen molar-refractivity contribution in [2.24, 2.45) is 0 Å². The number of aryl methyl sites for hydroxylation is 1. The predicted octanol–water partition coefficient (Wildman–Crippen LogP) is 4.71. The van der Waals surface area contributed by atoms with Crippen LogP contribution >= 0.6 is 0 Å². The van der Waals surface area contributed by atoms with E-state index < -0.39 is 0 Å². The molecule has 0 bridgehead atoms. The third-order valence-electron chi connectivity index (χ3n) is 4.24. The molecule has 2 aromatic heterocycles. The van der Waals surface area contributed by atoms with E-state index in [1.165, 1.54) is 11.1 Å². The van der Waals surface area contributed by atoms with Gasteiger partial charge < -0.3 is 5.32 Å². The third-order valence-corrected chi connectivity index (χ3v) is 4.24. The van der Waals surface area contributed by atoms with Crippen molar-refractivity contribution in [2.45, 2.75) is 6.92 Å². The lowest BCUT2D eigenvalue weighted by atomic mass is 10.0. The summed E-state index contributed by atoms with van der Waals surface area (Å²) in [6.07, 6.45) is 3.53. The van der Waals surface area contributed by atoms with Gasteiger partial charge in [-0.05, 0) is 42.3 Å². The van der Waals surface area contributed by atoms with E-state index in [0.29, 0.717) is 5.82 Å². The van der Waals surface area contributed by atoms with Gasteiger partial charge in [0.2, 0.25) is 0 Å². The van der Waals surface area contributed by atoms with Crippen LogP contribution in [0.3, 0.4) is 0 Å². The first-order chi connectivity index (χ1) is 12.2. The maximum absolute atomic E-state index is 4.71. The fraction of sp³-hybridized carbons (Fsp3) is 0.0952. The fourth-order valence-electron chi connectivity index (χ4n) is 2.87. The monoisotopic (exact) mass is 326 g/mol. The lowest BCUT2D eigenvalue weighted by Crippen LogP contribution is -1.99. The van der Waals surface area contributed by atoms with E-state index in [-0.39, 0.29) is 0 Å². The molecule has 2 aromatic carbocycles. The molecule has 4 heteroatoms. The van der Waals surface area contributed by atoms with Crippen LogP contribution in [0.1, 0.15) is 5.56 Å². The highest BCUT2D eigenvalue weighted by molar-refractivity contribution is 5.93. The van der Waals surface area contributed by atoms with Gasteiger partial charge in [-0.2, -0.15) is 0 Å². The number of hydrogen-bond donors (Lipinski definition) is 1. The zero-order valence-corrected chi connectivity index (χ0v) is 14.2. The van der Waals surface area contributed by atoms with Crippen molar-refractivity contribution in [3.63, 3.8) is 0 Å². The zero-order chi connectivity index (χ0) is 17.2. The molecule has 0 unspecified atom stereocenters. The van der Waals surface area contributed by atoms with Crippen LogP contribution in [0.25, 0.3) is 33.4 Å². The molecule has 0 amide bonds. The van der Waals surface area contributed by atoms with Crippen molar-refractivity contribution in [3.8, 4) is 22.5 Å². The van der Waals surface area contributed by atoms with Crippen LogP contribution in [0.5, 0.6) is 0 Å². The smallest absolute Gasteiger partial charge is 0.163 e. The molecule has 4 rings (SSSR count). The fourth-order valence-corrected chi connectivity index (χ4v) is 2.87. The maximum atomic E-state index is 4.71. The van der Waals surface area contributed by atoms with Crippen LogP contribution in [0.2, 0.25) is 0 Å². The molecule has 4 aromatic rings. The highest BCUT2D eigenvalue weighted by atomic mass is 15.0. The molecule has 0 aliphatic rings. The third kappa shape index (κ3) is 2.94. The number of pyridine rings is 1. The lowest BCUT2D eigenvalue weighted by Gasteiger charge is -2.10. The van der Waals surface area contributed by atoms with Gasteiger partial charge in [-0.1, -0.05) is 35.9 Å². The maximum Gasteiger partial charge on any atom is 0.163 e. The van der Waals surface area contributed by atoms with Gasteiger partial charge in [0.1, 0.15) is 5.82 Å². The lowest BCUT2D eigenvalue weighted by molar-refractivity contribution is 1.20. The summed E-state index contributed by atoms with van der Waals surface area (Å²) >= 11 is 0. The van der Waals surface area contributed by atoms with E-state index in [1.807, 2.05) is 25.2 Å². The second-order valence-electron chi connectivity index (χ2n) is 5.99. The summed E-state index contributed by atoms with van der Waals surface area (Å²) in [5, 5.41) is 4.20. The summed E-state index contributed by atoms with van der Waals surface area (Å²) in [7, 11) is 1.88. The van der Waals surface area contributed by atoms with Gasteiger partial charge >= 0.3 is 0 Å². The zero-order valence-electron chi connectivity index (χ0n) is 14.2. The Labute approximate surface area is 146 Å². The van der Waals surface area contributed by atoms with Gasteiger partial charge in [0, 0.05) is 30.4 Å². The Balaban J connectivity index is 1.86. The van der Waals surface area contributed by atoms with E-state index in [4.69, 9.17) is 4.98 Å². The van der Waals surface area contributed by atoms with Crippen LogP contribution in [-0.2, 0) is 0 Å². The molecule has 122 valence electrons. The molecule has 0 aliphatic carbocycles. The first-order valence-corrected chi connectivity index (χ1v) is 8.21. The van der Waals surface area contributed by atoms with Crippen LogP contribution in [0.15, 0.2) is 67.0 Å². The number of anilines is 1. The summed E-state index contributed by atoms with van der Waals surface area (Å²) in [5.41, 5.74) is 5.41. The molecular formula is C21H18N4. The second kappa shape index (κ2) is 6.32. The Bertz CT molecular complexity index is 1020. The summed E-state index contributed by atoms with van der Waals surface area (Å²) in [6, 6.07) is 18.7. The molecule has 2 heterocycles. The van der Waals surface area contributed by atoms with Crippen LogP contribution < -0.4 is 5.32 Å². The number of nitrogens with zero attached hydrogens (tertiary/aromatic N) is 3. The Morgan fingerprint density at radius 2 is 1.64 bits per heavy atom. The Morgan fingerprint density at radius 1 is 0.840 bits per heavy atom. The predicted molar refractivity (Wildman–Crippen MR) is 102 cm³/mol. The number of fused-ring (bicyclic) bond motifs is 1. The summed E-state index contributed by atoms with van der Waals surface area (Å²) in [6.45, 7) is 2.09. The average molecular weight is 326 g/mol. The first kappa shape index (κ1) is 15.3. The Morgan fingerprint density at radius 3 is 2.36 bits per heavy atom. The van der Waals surface area contributed by atoms with Crippen LogP contribution in [-0.4, -0.2) is 22.0 Å². The number of hydrogen-bond acceptors (Lipinski definition) is 4. The molecule has 0 saturated heterocycles. The van der Waals surface area contributed by atoms with Crippen molar-refractivity contribution in [1.29, 1.82) is 0 Å². The second-order valence-corrected chi connectivity index (χ2v) is 5.99. The summed E-state index contributed by atoms with van der Waals surface area (Å²) < 4.78 is 0. The van der Waals surface area contributed by atoms with Gasteiger partial charge in [-0.25, -0.2) is 9.97 Å². The largest absolute Gasteiger partial charge is 0.373 e. The Kier molecular flexibility index (Phi) is 3.86. The van der Waals surface area contributed by atoms with Crippen molar-refractivity contribution in [1.82, 2.24) is 15.0 Å². The van der Waals surface area contributed by atoms with Gasteiger partial charge in [-0.3, -0.25) is 4.98 Å². The van der Waals surface area contributed by atoms with Crippen molar-refractivity contribution in [2.75, 3.05) is 12.4 Å². The van der Waals surface area contributed by atoms with Gasteiger partial charge in [0.25, 0.3) is 0 Å². The molecule has 25 heavy (non-hydrogen) atoms. The molecule has 4 nitrogen and oxygen atoms in total. The number of rotatable bonds is 3. The van der Waals surface area contributed by atoms with Crippen LogP contribution in [0.4, 0.5) is 5.82 Å². The SMILES string of the molecule is CNc1nc(-c2cccnc2)nc2ccc(-c3ccc(C)cc3)cc12. The quantitative estimate of drug-likeness (QED) is 0.592. The van der Waals surface area contributed by atoms with E-state index in [0.717, 1.165) is 27.8 Å². The van der Waals surface area contributed by atoms with E-state index in [1.54, 1.807) is 12.4 Å².